The first-order chi connectivity index (χ1) is 8.26. The highest BCUT2D eigenvalue weighted by molar-refractivity contribution is 4.90. The Balaban J connectivity index is 2.61. The molecule has 0 radical (unpaired) electrons. The van der Waals surface area contributed by atoms with Gasteiger partial charge < -0.3 is 5.32 Å². The first kappa shape index (κ1) is 15.0. The van der Waals surface area contributed by atoms with Gasteiger partial charge in [0.15, 0.2) is 0 Å². The molecule has 0 aromatic heterocycles. The molecular weight excluding hydrogens is 208 g/mol. The summed E-state index contributed by atoms with van der Waals surface area (Å²) in [5.41, 5.74) is 0. The van der Waals surface area contributed by atoms with Gasteiger partial charge in [-0.15, -0.1) is 0 Å². The van der Waals surface area contributed by atoms with Crippen molar-refractivity contribution in [3.05, 3.63) is 0 Å². The van der Waals surface area contributed by atoms with Crippen molar-refractivity contribution >= 4 is 0 Å². The lowest BCUT2D eigenvalue weighted by atomic mass is 9.79. The maximum absolute atomic E-state index is 3.70. The Bertz CT molecular complexity index is 189. The van der Waals surface area contributed by atoms with Crippen LogP contribution in [0.2, 0.25) is 0 Å². The van der Waals surface area contributed by atoms with Gasteiger partial charge in [-0.3, -0.25) is 4.90 Å². The number of nitrogens with one attached hydrogen (secondary N) is 1. The van der Waals surface area contributed by atoms with Gasteiger partial charge in [0.05, 0.1) is 0 Å². The molecule has 1 N–H and O–H groups in total. The normalized spacial score (nSPS) is 29.8. The summed E-state index contributed by atoms with van der Waals surface area (Å²) in [5, 5.41) is 3.70. The van der Waals surface area contributed by atoms with Crippen LogP contribution >= 0.6 is 0 Å². The Hall–Kier alpha value is -0.0800. The van der Waals surface area contributed by atoms with E-state index in [-0.39, 0.29) is 0 Å². The van der Waals surface area contributed by atoms with Crippen LogP contribution in [0.15, 0.2) is 0 Å². The Kier molecular flexibility index (Phi) is 7.14. The van der Waals surface area contributed by atoms with E-state index in [2.05, 4.69) is 37.9 Å². The standard InChI is InChI=1S/C15H32N2/c1-5-9-13-10-11-14(16-6-2)15(12-13)17(7-3)8-4/h13-16H,5-12H2,1-4H3. The lowest BCUT2D eigenvalue weighted by molar-refractivity contribution is 0.103. The largest absolute Gasteiger partial charge is 0.313 e. The molecule has 3 unspecified atom stereocenters. The van der Waals surface area contributed by atoms with Crippen molar-refractivity contribution in [1.82, 2.24) is 10.2 Å². The molecule has 1 aliphatic rings. The fourth-order valence-corrected chi connectivity index (χ4v) is 3.50. The Morgan fingerprint density at radius 3 is 2.29 bits per heavy atom. The number of likely N-dealkylation sites (N-methyl/N-ethyl adjacent to an activating group) is 2. The second-order valence-corrected chi connectivity index (χ2v) is 5.42. The van der Waals surface area contributed by atoms with E-state index < -0.39 is 0 Å². The summed E-state index contributed by atoms with van der Waals surface area (Å²) in [5.74, 6) is 0.973. The summed E-state index contributed by atoms with van der Waals surface area (Å²) in [4.78, 5) is 2.66. The van der Waals surface area contributed by atoms with Crippen molar-refractivity contribution in [2.24, 2.45) is 5.92 Å². The number of hydrogen-bond acceptors (Lipinski definition) is 2. The molecular formula is C15H32N2. The third-order valence-corrected chi connectivity index (χ3v) is 4.37. The van der Waals surface area contributed by atoms with Gasteiger partial charge in [0.1, 0.15) is 0 Å². The van der Waals surface area contributed by atoms with Crippen LogP contribution in [0.1, 0.15) is 59.8 Å². The quantitative estimate of drug-likeness (QED) is 0.735. The Morgan fingerprint density at radius 1 is 1.06 bits per heavy atom. The Labute approximate surface area is 108 Å². The predicted molar refractivity (Wildman–Crippen MR) is 76.4 cm³/mol. The van der Waals surface area contributed by atoms with Gasteiger partial charge in [0.2, 0.25) is 0 Å². The van der Waals surface area contributed by atoms with Crippen molar-refractivity contribution in [2.45, 2.75) is 71.9 Å². The van der Waals surface area contributed by atoms with Crippen LogP contribution in [-0.2, 0) is 0 Å². The number of hydrogen-bond donors (Lipinski definition) is 1. The second-order valence-electron chi connectivity index (χ2n) is 5.42. The monoisotopic (exact) mass is 240 g/mol. The van der Waals surface area contributed by atoms with E-state index in [1.807, 2.05) is 0 Å². The third kappa shape index (κ3) is 4.26. The summed E-state index contributed by atoms with van der Waals surface area (Å²) in [6.07, 6.45) is 6.99. The van der Waals surface area contributed by atoms with E-state index in [1.165, 1.54) is 45.2 Å². The maximum atomic E-state index is 3.70. The minimum atomic E-state index is 0.730. The molecule has 0 aliphatic heterocycles. The van der Waals surface area contributed by atoms with Crippen molar-refractivity contribution in [3.63, 3.8) is 0 Å². The van der Waals surface area contributed by atoms with Crippen LogP contribution in [0.5, 0.6) is 0 Å². The summed E-state index contributed by atoms with van der Waals surface area (Å²) >= 11 is 0. The van der Waals surface area contributed by atoms with Crippen LogP contribution < -0.4 is 5.32 Å². The second kappa shape index (κ2) is 8.10. The van der Waals surface area contributed by atoms with Crippen molar-refractivity contribution in [1.29, 1.82) is 0 Å². The zero-order valence-corrected chi connectivity index (χ0v) is 12.3. The highest BCUT2D eigenvalue weighted by Gasteiger charge is 2.32. The van der Waals surface area contributed by atoms with Gasteiger partial charge in [-0.05, 0) is 44.8 Å². The van der Waals surface area contributed by atoms with Crippen LogP contribution in [0.25, 0.3) is 0 Å². The summed E-state index contributed by atoms with van der Waals surface area (Å²) in [7, 11) is 0. The topological polar surface area (TPSA) is 15.3 Å². The molecule has 0 amide bonds. The van der Waals surface area contributed by atoms with Crippen LogP contribution in [0.4, 0.5) is 0 Å². The summed E-state index contributed by atoms with van der Waals surface area (Å²) < 4.78 is 0. The maximum Gasteiger partial charge on any atom is 0.0251 e. The summed E-state index contributed by atoms with van der Waals surface area (Å²) in [6, 6.07) is 1.50. The lowest BCUT2D eigenvalue weighted by Crippen LogP contribution is -2.53. The highest BCUT2D eigenvalue weighted by Crippen LogP contribution is 2.31. The zero-order chi connectivity index (χ0) is 12.7. The van der Waals surface area contributed by atoms with Crippen molar-refractivity contribution in [2.75, 3.05) is 19.6 Å². The molecule has 3 atom stereocenters. The van der Waals surface area contributed by atoms with Gasteiger partial charge in [-0.1, -0.05) is 40.5 Å². The average Bonchev–Trinajstić information content (AvgIpc) is 2.34. The van der Waals surface area contributed by atoms with E-state index in [0.29, 0.717) is 0 Å². The molecule has 0 bridgehead atoms. The molecule has 0 saturated heterocycles. The van der Waals surface area contributed by atoms with E-state index in [4.69, 9.17) is 0 Å². The Morgan fingerprint density at radius 2 is 1.76 bits per heavy atom. The minimum absolute atomic E-state index is 0.730. The number of nitrogens with zero attached hydrogens (tertiary/aromatic N) is 1. The van der Waals surface area contributed by atoms with Crippen molar-refractivity contribution < 1.29 is 0 Å². The zero-order valence-electron chi connectivity index (χ0n) is 12.3. The SMILES string of the molecule is CCCC1CCC(NCC)C(N(CC)CC)C1. The fourth-order valence-electron chi connectivity index (χ4n) is 3.50. The molecule has 0 spiro atoms. The predicted octanol–water partition coefficient (Wildman–Crippen LogP) is 3.28. The highest BCUT2D eigenvalue weighted by atomic mass is 15.2. The first-order valence-electron chi connectivity index (χ1n) is 7.74. The molecule has 1 aliphatic carbocycles. The van der Waals surface area contributed by atoms with Gasteiger partial charge >= 0.3 is 0 Å². The number of rotatable bonds is 7. The van der Waals surface area contributed by atoms with E-state index in [1.54, 1.807) is 0 Å². The van der Waals surface area contributed by atoms with E-state index >= 15 is 0 Å². The van der Waals surface area contributed by atoms with Crippen LogP contribution in [0.3, 0.4) is 0 Å². The van der Waals surface area contributed by atoms with Gasteiger partial charge in [-0.2, -0.15) is 0 Å². The molecule has 0 aromatic rings. The lowest BCUT2D eigenvalue weighted by Gasteiger charge is -2.42. The third-order valence-electron chi connectivity index (χ3n) is 4.37. The van der Waals surface area contributed by atoms with E-state index in [0.717, 1.165) is 24.5 Å². The molecule has 17 heavy (non-hydrogen) atoms. The smallest absolute Gasteiger partial charge is 0.0251 e. The van der Waals surface area contributed by atoms with E-state index in [9.17, 15) is 0 Å². The molecule has 1 rings (SSSR count). The van der Waals surface area contributed by atoms with Gasteiger partial charge in [0, 0.05) is 12.1 Å². The van der Waals surface area contributed by atoms with Gasteiger partial charge in [0.25, 0.3) is 0 Å². The molecule has 0 heterocycles. The van der Waals surface area contributed by atoms with Gasteiger partial charge in [-0.25, -0.2) is 0 Å². The molecule has 0 aromatic carbocycles. The molecule has 102 valence electrons. The minimum Gasteiger partial charge on any atom is -0.313 e. The molecule has 1 saturated carbocycles. The van der Waals surface area contributed by atoms with Crippen LogP contribution in [-0.4, -0.2) is 36.6 Å². The fraction of sp³-hybridized carbons (Fsp3) is 1.00. The van der Waals surface area contributed by atoms with Crippen LogP contribution in [0, 0.1) is 5.92 Å². The summed E-state index contributed by atoms with van der Waals surface area (Å²) in [6.45, 7) is 12.7. The molecule has 2 heteroatoms. The first-order valence-corrected chi connectivity index (χ1v) is 7.74. The average molecular weight is 240 g/mol. The van der Waals surface area contributed by atoms with Crippen molar-refractivity contribution in [3.8, 4) is 0 Å². The molecule has 2 nitrogen and oxygen atoms in total. The molecule has 1 fully saturated rings.